The smallest absolute Gasteiger partial charge is 0.345 e. The van der Waals surface area contributed by atoms with E-state index in [-0.39, 0.29) is 6.04 Å². The van der Waals surface area contributed by atoms with Crippen molar-refractivity contribution >= 4 is 17.6 Å². The van der Waals surface area contributed by atoms with Gasteiger partial charge in [0.05, 0.1) is 25.7 Å². The van der Waals surface area contributed by atoms with Crippen molar-refractivity contribution < 1.29 is 19.1 Å². The van der Waals surface area contributed by atoms with Gasteiger partial charge in [0.2, 0.25) is 0 Å². The van der Waals surface area contributed by atoms with E-state index in [0.29, 0.717) is 0 Å². The quantitative estimate of drug-likeness (QED) is 0.296. The number of carbonyl (C=O) groups excluding carboxylic acids is 2. The van der Waals surface area contributed by atoms with Gasteiger partial charge in [0, 0.05) is 5.69 Å². The second-order valence-corrected chi connectivity index (χ2v) is 9.11. The Bertz CT molecular complexity index is 1400. The van der Waals surface area contributed by atoms with Crippen molar-refractivity contribution in [2.45, 2.75) is 17.0 Å². The molecule has 2 aliphatic rings. The maximum absolute atomic E-state index is 14.1. The third-order valence-electron chi connectivity index (χ3n) is 7.71. The van der Waals surface area contributed by atoms with Crippen LogP contribution in [-0.2, 0) is 24.5 Å². The fourth-order valence-corrected chi connectivity index (χ4v) is 6.53. The zero-order valence-electron chi connectivity index (χ0n) is 20.0. The van der Waals surface area contributed by atoms with Crippen LogP contribution in [0.15, 0.2) is 109 Å². The van der Waals surface area contributed by atoms with Crippen LogP contribution in [0.5, 0.6) is 0 Å². The number of ether oxygens (including phenoxy) is 2. The lowest BCUT2D eigenvalue weighted by Gasteiger charge is -2.67. The highest BCUT2D eigenvalue weighted by molar-refractivity contribution is 6.16. The molecule has 0 aromatic heterocycles. The number of benzene rings is 4. The van der Waals surface area contributed by atoms with E-state index >= 15 is 0 Å². The van der Waals surface area contributed by atoms with Crippen molar-refractivity contribution in [2.75, 3.05) is 19.1 Å². The van der Waals surface area contributed by atoms with E-state index in [9.17, 15) is 9.59 Å². The van der Waals surface area contributed by atoms with E-state index in [2.05, 4.69) is 12.1 Å². The van der Waals surface area contributed by atoms with Crippen molar-refractivity contribution in [2.24, 2.45) is 0 Å². The van der Waals surface area contributed by atoms with E-state index < -0.39 is 22.9 Å². The van der Waals surface area contributed by atoms with Crippen LogP contribution in [0.2, 0.25) is 0 Å². The molecular formula is C31H25NO4. The van der Waals surface area contributed by atoms with Crippen molar-refractivity contribution in [3.8, 4) is 11.1 Å². The lowest BCUT2D eigenvalue weighted by atomic mass is 9.49. The van der Waals surface area contributed by atoms with Crippen molar-refractivity contribution in [1.29, 1.82) is 0 Å². The first kappa shape index (κ1) is 22.1. The molecule has 5 heteroatoms. The maximum atomic E-state index is 14.1. The standard InChI is InChI=1S/C31H25NO4/c1-35-28(33)31(29(34)36-2)30(25-19-11-9-17-23(25)24-18-10-12-20-26(24)30)27(21-13-5-3-6-14-21)32(31)22-15-7-4-8-16-22/h3-20,27H,1-2H3. The summed E-state index contributed by atoms with van der Waals surface area (Å²) in [6.07, 6.45) is 0. The highest BCUT2D eigenvalue weighted by atomic mass is 16.5. The van der Waals surface area contributed by atoms with Crippen LogP contribution in [0.1, 0.15) is 22.7 Å². The molecule has 1 saturated heterocycles. The fourth-order valence-electron chi connectivity index (χ4n) is 6.53. The highest BCUT2D eigenvalue weighted by Crippen LogP contribution is 2.71. The Labute approximate surface area is 209 Å². The summed E-state index contributed by atoms with van der Waals surface area (Å²) in [6.45, 7) is 0. The van der Waals surface area contributed by atoms with Crippen LogP contribution in [0.25, 0.3) is 11.1 Å². The van der Waals surface area contributed by atoms with Crippen molar-refractivity contribution in [3.63, 3.8) is 0 Å². The Morgan fingerprint density at radius 1 is 0.639 bits per heavy atom. The van der Waals surface area contributed by atoms with Crippen LogP contribution in [0.3, 0.4) is 0 Å². The summed E-state index contributed by atoms with van der Waals surface area (Å²) in [6, 6.07) is 35.2. The van der Waals surface area contributed by atoms with Gasteiger partial charge in [-0.1, -0.05) is 97.1 Å². The Kier molecular flexibility index (Phi) is 4.97. The Morgan fingerprint density at radius 2 is 1.08 bits per heavy atom. The average Bonchev–Trinajstić information content (AvgIpc) is 3.25. The first-order valence-corrected chi connectivity index (χ1v) is 11.9. The molecule has 1 aliphatic heterocycles. The van der Waals surface area contributed by atoms with Gasteiger partial charge in [-0.05, 0) is 39.9 Å². The van der Waals surface area contributed by atoms with Gasteiger partial charge >= 0.3 is 11.9 Å². The molecule has 1 spiro atoms. The SMILES string of the molecule is COC(=O)C1(C(=O)OC)N(c2ccccc2)C(c2ccccc2)C12c1ccccc1-c1ccccc12. The number of rotatable bonds is 4. The molecule has 4 aromatic rings. The number of fused-ring (bicyclic) bond motifs is 5. The van der Waals surface area contributed by atoms with E-state index in [1.807, 2.05) is 102 Å². The van der Waals surface area contributed by atoms with Crippen LogP contribution >= 0.6 is 0 Å². The van der Waals surface area contributed by atoms with E-state index in [4.69, 9.17) is 9.47 Å². The van der Waals surface area contributed by atoms with Gasteiger partial charge < -0.3 is 14.4 Å². The van der Waals surface area contributed by atoms with E-state index in [0.717, 1.165) is 33.5 Å². The molecule has 1 fully saturated rings. The molecule has 5 nitrogen and oxygen atoms in total. The number of esters is 2. The second kappa shape index (κ2) is 8.09. The van der Waals surface area contributed by atoms with Gasteiger partial charge in [-0.15, -0.1) is 0 Å². The first-order valence-electron chi connectivity index (χ1n) is 11.9. The number of nitrogens with zero attached hydrogens (tertiary/aromatic N) is 1. The van der Waals surface area contributed by atoms with E-state index in [1.165, 1.54) is 14.2 Å². The van der Waals surface area contributed by atoms with Gasteiger partial charge in [-0.2, -0.15) is 0 Å². The first-order chi connectivity index (χ1) is 17.6. The summed E-state index contributed by atoms with van der Waals surface area (Å²) in [4.78, 5) is 30.1. The molecular weight excluding hydrogens is 450 g/mol. The summed E-state index contributed by atoms with van der Waals surface area (Å²) in [5, 5.41) is 0. The van der Waals surface area contributed by atoms with Gasteiger partial charge in [-0.3, -0.25) is 0 Å². The summed E-state index contributed by atoms with van der Waals surface area (Å²) in [5.74, 6) is -1.31. The molecule has 1 unspecified atom stereocenters. The minimum absolute atomic E-state index is 0.385. The summed E-state index contributed by atoms with van der Waals surface area (Å²) >= 11 is 0. The van der Waals surface area contributed by atoms with Crippen LogP contribution in [-0.4, -0.2) is 31.7 Å². The molecule has 178 valence electrons. The summed E-state index contributed by atoms with van der Waals surface area (Å²) in [5.41, 5.74) is 2.65. The second-order valence-electron chi connectivity index (χ2n) is 9.11. The Balaban J connectivity index is 1.81. The zero-order chi connectivity index (χ0) is 24.9. The lowest BCUT2D eigenvalue weighted by Crippen LogP contribution is -2.85. The minimum Gasteiger partial charge on any atom is -0.467 e. The molecule has 4 aromatic carbocycles. The summed E-state index contributed by atoms with van der Waals surface area (Å²) < 4.78 is 10.9. The van der Waals surface area contributed by atoms with Crippen molar-refractivity contribution in [3.05, 3.63) is 126 Å². The molecule has 1 aliphatic carbocycles. The topological polar surface area (TPSA) is 55.8 Å². The van der Waals surface area contributed by atoms with Crippen LogP contribution in [0.4, 0.5) is 5.69 Å². The van der Waals surface area contributed by atoms with Gasteiger partial charge in [-0.25, -0.2) is 9.59 Å². The number of para-hydroxylation sites is 1. The van der Waals surface area contributed by atoms with Crippen LogP contribution in [0, 0.1) is 0 Å². The Hall–Kier alpha value is -4.38. The molecule has 0 amide bonds. The third-order valence-corrected chi connectivity index (χ3v) is 7.71. The molecule has 6 rings (SSSR count). The third kappa shape index (κ3) is 2.49. The number of hydrogen-bond donors (Lipinski definition) is 0. The molecule has 1 atom stereocenters. The zero-order valence-corrected chi connectivity index (χ0v) is 20.0. The predicted molar refractivity (Wildman–Crippen MR) is 138 cm³/mol. The van der Waals surface area contributed by atoms with Gasteiger partial charge in [0.15, 0.2) is 0 Å². The van der Waals surface area contributed by atoms with E-state index in [1.54, 1.807) is 0 Å². The maximum Gasteiger partial charge on any atom is 0.345 e. The summed E-state index contributed by atoms with van der Waals surface area (Å²) in [7, 11) is 2.65. The van der Waals surface area contributed by atoms with Crippen molar-refractivity contribution in [1.82, 2.24) is 0 Å². The predicted octanol–water partition coefficient (Wildman–Crippen LogP) is 5.30. The largest absolute Gasteiger partial charge is 0.467 e. The Morgan fingerprint density at radius 3 is 1.58 bits per heavy atom. The van der Waals surface area contributed by atoms with Gasteiger partial charge in [0.25, 0.3) is 5.54 Å². The monoisotopic (exact) mass is 475 g/mol. The highest BCUT2D eigenvalue weighted by Gasteiger charge is 2.83. The minimum atomic E-state index is -1.79. The normalized spacial score (nSPS) is 18.1. The number of carbonyl (C=O) groups is 2. The molecule has 36 heavy (non-hydrogen) atoms. The number of hydrogen-bond acceptors (Lipinski definition) is 5. The number of methoxy groups -OCH3 is 2. The van der Waals surface area contributed by atoms with Gasteiger partial charge in [0.1, 0.15) is 0 Å². The number of anilines is 1. The molecule has 0 radical (unpaired) electrons. The molecule has 0 saturated carbocycles. The lowest BCUT2D eigenvalue weighted by molar-refractivity contribution is -0.172. The molecule has 1 heterocycles. The fraction of sp³-hybridized carbons (Fsp3) is 0.161. The van der Waals surface area contributed by atoms with Crippen LogP contribution < -0.4 is 4.90 Å². The molecule has 0 N–H and O–H groups in total. The molecule has 0 bridgehead atoms. The average molecular weight is 476 g/mol.